The van der Waals surface area contributed by atoms with E-state index in [1.54, 1.807) is 24.5 Å². The summed E-state index contributed by atoms with van der Waals surface area (Å²) in [5.74, 6) is 1.10. The number of para-hydroxylation sites is 1. The smallest absolute Gasteiger partial charge is 0.319 e. The van der Waals surface area contributed by atoms with Gasteiger partial charge in [0.2, 0.25) is 5.88 Å². The number of urea groups is 1. The molecule has 3 aromatic rings. The first kappa shape index (κ1) is 16.4. The number of benzene rings is 1. The number of hydrogen-bond donors (Lipinski definition) is 2. The largest absolute Gasteiger partial charge is 0.439 e. The summed E-state index contributed by atoms with van der Waals surface area (Å²) in [6.07, 6.45) is 4.00. The molecule has 3 rings (SSSR count). The van der Waals surface area contributed by atoms with Crippen molar-refractivity contribution in [3.05, 3.63) is 78.8 Å². The van der Waals surface area contributed by atoms with Crippen LogP contribution in [0.1, 0.15) is 5.69 Å². The van der Waals surface area contributed by atoms with Crippen LogP contribution in [0.4, 0.5) is 10.5 Å². The number of anilines is 1. The third kappa shape index (κ3) is 5.31. The van der Waals surface area contributed by atoms with Gasteiger partial charge in [0, 0.05) is 42.8 Å². The molecule has 0 atom stereocenters. The molecule has 2 aromatic heterocycles. The number of nitrogens with one attached hydrogen (secondary N) is 2. The summed E-state index contributed by atoms with van der Waals surface area (Å²) >= 11 is 0. The van der Waals surface area contributed by atoms with E-state index in [9.17, 15) is 4.79 Å². The van der Waals surface area contributed by atoms with Gasteiger partial charge in [0.25, 0.3) is 0 Å². The average molecular weight is 334 g/mol. The SMILES string of the molecule is O=C(NCCc1ccccn1)Nc1ccnc(Oc2ccccc2)c1. The second-order valence-electron chi connectivity index (χ2n) is 5.25. The maximum atomic E-state index is 12.0. The van der Waals surface area contributed by atoms with E-state index in [1.807, 2.05) is 48.5 Å². The molecule has 0 saturated carbocycles. The number of amides is 2. The minimum atomic E-state index is -0.284. The quantitative estimate of drug-likeness (QED) is 0.722. The Labute approximate surface area is 145 Å². The molecular formula is C19H18N4O2. The van der Waals surface area contributed by atoms with E-state index in [4.69, 9.17) is 4.74 Å². The van der Waals surface area contributed by atoms with Gasteiger partial charge in [-0.1, -0.05) is 24.3 Å². The summed E-state index contributed by atoms with van der Waals surface area (Å²) in [5.41, 5.74) is 1.54. The molecule has 0 unspecified atom stereocenters. The van der Waals surface area contributed by atoms with Crippen LogP contribution in [0, 0.1) is 0 Å². The van der Waals surface area contributed by atoms with E-state index < -0.39 is 0 Å². The Morgan fingerprint density at radius 1 is 0.960 bits per heavy atom. The van der Waals surface area contributed by atoms with E-state index in [-0.39, 0.29) is 6.03 Å². The normalized spacial score (nSPS) is 10.1. The van der Waals surface area contributed by atoms with E-state index in [1.165, 1.54) is 0 Å². The molecule has 2 amide bonds. The fraction of sp³-hybridized carbons (Fsp3) is 0.105. The van der Waals surface area contributed by atoms with Crippen molar-refractivity contribution >= 4 is 11.7 Å². The predicted molar refractivity (Wildman–Crippen MR) is 95.7 cm³/mol. The summed E-state index contributed by atoms with van der Waals surface area (Å²) in [6, 6.07) is 18.2. The first-order chi connectivity index (χ1) is 12.3. The van der Waals surface area contributed by atoms with Gasteiger partial charge >= 0.3 is 6.03 Å². The highest BCUT2D eigenvalue weighted by molar-refractivity contribution is 5.89. The Hall–Kier alpha value is -3.41. The Kier molecular flexibility index (Phi) is 5.56. The molecule has 2 N–H and O–H groups in total. The summed E-state index contributed by atoms with van der Waals surface area (Å²) in [4.78, 5) is 20.3. The molecule has 0 bridgehead atoms. The standard InChI is InChI=1S/C19H18N4O2/c24-19(22-13-9-15-6-4-5-11-20-15)23-16-10-12-21-18(14-16)25-17-7-2-1-3-8-17/h1-8,10-12,14H,9,13H2,(H2,21,22,23,24). The minimum Gasteiger partial charge on any atom is -0.439 e. The van der Waals surface area contributed by atoms with Crippen molar-refractivity contribution in [2.75, 3.05) is 11.9 Å². The van der Waals surface area contributed by atoms with Gasteiger partial charge < -0.3 is 15.4 Å². The van der Waals surface area contributed by atoms with Crippen molar-refractivity contribution in [3.8, 4) is 11.6 Å². The van der Waals surface area contributed by atoms with Crippen LogP contribution in [-0.4, -0.2) is 22.5 Å². The van der Waals surface area contributed by atoms with Crippen LogP contribution in [0.2, 0.25) is 0 Å². The van der Waals surface area contributed by atoms with Crippen molar-refractivity contribution in [1.29, 1.82) is 0 Å². The second-order valence-corrected chi connectivity index (χ2v) is 5.25. The Morgan fingerprint density at radius 2 is 1.80 bits per heavy atom. The minimum absolute atomic E-state index is 0.284. The molecule has 0 fully saturated rings. The monoisotopic (exact) mass is 334 g/mol. The van der Waals surface area contributed by atoms with Crippen LogP contribution in [-0.2, 0) is 6.42 Å². The van der Waals surface area contributed by atoms with Gasteiger partial charge in [-0.05, 0) is 30.3 Å². The third-order valence-electron chi connectivity index (χ3n) is 3.35. The van der Waals surface area contributed by atoms with Gasteiger partial charge in [-0.25, -0.2) is 9.78 Å². The molecule has 0 aliphatic carbocycles. The van der Waals surface area contributed by atoms with Crippen LogP contribution in [0.5, 0.6) is 11.6 Å². The predicted octanol–water partition coefficient (Wildman–Crippen LogP) is 3.63. The first-order valence-electron chi connectivity index (χ1n) is 7.93. The molecule has 0 radical (unpaired) electrons. The zero-order valence-electron chi connectivity index (χ0n) is 13.6. The van der Waals surface area contributed by atoms with Gasteiger partial charge in [-0.15, -0.1) is 0 Å². The summed E-state index contributed by atoms with van der Waals surface area (Å²) in [7, 11) is 0. The molecule has 25 heavy (non-hydrogen) atoms. The molecule has 6 nitrogen and oxygen atoms in total. The van der Waals surface area contributed by atoms with E-state index in [0.717, 1.165) is 5.69 Å². The first-order valence-corrected chi connectivity index (χ1v) is 7.93. The van der Waals surface area contributed by atoms with Crippen LogP contribution in [0.3, 0.4) is 0 Å². The zero-order valence-corrected chi connectivity index (χ0v) is 13.6. The second kappa shape index (κ2) is 8.44. The van der Waals surface area contributed by atoms with Gasteiger partial charge in [0.05, 0.1) is 0 Å². The van der Waals surface area contributed by atoms with E-state index >= 15 is 0 Å². The number of carbonyl (C=O) groups is 1. The molecule has 0 aliphatic heterocycles. The highest BCUT2D eigenvalue weighted by atomic mass is 16.5. The van der Waals surface area contributed by atoms with Crippen molar-refractivity contribution in [2.24, 2.45) is 0 Å². The van der Waals surface area contributed by atoms with Gasteiger partial charge in [0.15, 0.2) is 0 Å². The average Bonchev–Trinajstić information content (AvgIpc) is 2.64. The molecule has 6 heteroatoms. The van der Waals surface area contributed by atoms with Crippen molar-refractivity contribution in [2.45, 2.75) is 6.42 Å². The maximum Gasteiger partial charge on any atom is 0.319 e. The van der Waals surface area contributed by atoms with Crippen molar-refractivity contribution in [3.63, 3.8) is 0 Å². The number of rotatable bonds is 6. The molecule has 0 aliphatic rings. The Balaban J connectivity index is 1.50. The van der Waals surface area contributed by atoms with Crippen LogP contribution >= 0.6 is 0 Å². The van der Waals surface area contributed by atoms with E-state index in [0.29, 0.717) is 30.3 Å². The fourth-order valence-electron chi connectivity index (χ4n) is 2.18. The van der Waals surface area contributed by atoms with Crippen LogP contribution in [0.25, 0.3) is 0 Å². The van der Waals surface area contributed by atoms with Crippen LogP contribution < -0.4 is 15.4 Å². The maximum absolute atomic E-state index is 12.0. The topological polar surface area (TPSA) is 76.1 Å². The molecule has 126 valence electrons. The Morgan fingerprint density at radius 3 is 2.60 bits per heavy atom. The Bertz CT molecular complexity index is 810. The molecule has 1 aromatic carbocycles. The lowest BCUT2D eigenvalue weighted by atomic mass is 10.3. The number of ether oxygens (including phenoxy) is 1. The van der Waals surface area contributed by atoms with Crippen molar-refractivity contribution < 1.29 is 9.53 Å². The third-order valence-corrected chi connectivity index (χ3v) is 3.35. The number of nitrogens with zero attached hydrogens (tertiary/aromatic N) is 2. The lowest BCUT2D eigenvalue weighted by molar-refractivity contribution is 0.252. The summed E-state index contributed by atoms with van der Waals surface area (Å²) < 4.78 is 5.65. The van der Waals surface area contributed by atoms with Gasteiger partial charge in [0.1, 0.15) is 5.75 Å². The summed E-state index contributed by atoms with van der Waals surface area (Å²) in [6.45, 7) is 0.501. The molecule has 2 heterocycles. The lowest BCUT2D eigenvalue weighted by Crippen LogP contribution is -2.30. The fourth-order valence-corrected chi connectivity index (χ4v) is 2.18. The van der Waals surface area contributed by atoms with E-state index in [2.05, 4.69) is 20.6 Å². The van der Waals surface area contributed by atoms with Crippen molar-refractivity contribution in [1.82, 2.24) is 15.3 Å². The zero-order chi connectivity index (χ0) is 17.3. The molecule has 0 saturated heterocycles. The lowest BCUT2D eigenvalue weighted by Gasteiger charge is -2.09. The molecular weight excluding hydrogens is 316 g/mol. The van der Waals surface area contributed by atoms with Crippen LogP contribution in [0.15, 0.2) is 73.1 Å². The number of pyridine rings is 2. The highest BCUT2D eigenvalue weighted by Crippen LogP contribution is 2.21. The van der Waals surface area contributed by atoms with Gasteiger partial charge in [-0.3, -0.25) is 4.98 Å². The highest BCUT2D eigenvalue weighted by Gasteiger charge is 2.04. The number of carbonyl (C=O) groups excluding carboxylic acids is 1. The summed E-state index contributed by atoms with van der Waals surface area (Å²) in [5, 5.41) is 5.56. The number of hydrogen-bond acceptors (Lipinski definition) is 4. The van der Waals surface area contributed by atoms with Gasteiger partial charge in [-0.2, -0.15) is 0 Å². The number of aromatic nitrogens is 2. The molecule has 0 spiro atoms.